The maximum absolute atomic E-state index is 12.3. The number of rotatable bonds is 5. The smallest absolute Gasteiger partial charge is 0.320 e. The summed E-state index contributed by atoms with van der Waals surface area (Å²) in [4.78, 5) is 14.5. The summed E-state index contributed by atoms with van der Waals surface area (Å²) in [7, 11) is 0. The number of nitrogens with zero attached hydrogens (tertiary/aromatic N) is 1. The maximum atomic E-state index is 12.3. The van der Waals surface area contributed by atoms with Crippen LogP contribution in [0.3, 0.4) is 0 Å². The van der Waals surface area contributed by atoms with Gasteiger partial charge >= 0.3 is 5.97 Å². The highest BCUT2D eigenvalue weighted by atomic mass is 16.6. The molecule has 160 valence electrons. The molecule has 2 heterocycles. The van der Waals surface area contributed by atoms with E-state index in [9.17, 15) is 4.79 Å². The lowest BCUT2D eigenvalue weighted by Crippen LogP contribution is -2.38. The average Bonchev–Trinajstić information content (AvgIpc) is 2.77. The van der Waals surface area contributed by atoms with Crippen molar-refractivity contribution in [2.24, 2.45) is 0 Å². The molecule has 2 aromatic rings. The lowest BCUT2D eigenvalue weighted by molar-refractivity contribution is -0.154. The summed E-state index contributed by atoms with van der Waals surface area (Å²) in [5.74, 6) is -0.101. The predicted octanol–water partition coefficient (Wildman–Crippen LogP) is 4.94. The number of ether oxygens (including phenoxy) is 2. The summed E-state index contributed by atoms with van der Waals surface area (Å²) >= 11 is 0. The molecule has 0 amide bonds. The Bertz CT molecular complexity index is 774. The second-order valence-corrected chi connectivity index (χ2v) is 7.79. The van der Waals surface area contributed by atoms with Crippen molar-refractivity contribution in [2.45, 2.75) is 39.2 Å². The van der Waals surface area contributed by atoms with Gasteiger partial charge in [0.1, 0.15) is 6.10 Å². The second-order valence-electron chi connectivity index (χ2n) is 7.79. The van der Waals surface area contributed by atoms with Crippen LogP contribution in [0.25, 0.3) is 5.57 Å². The van der Waals surface area contributed by atoms with Gasteiger partial charge in [-0.1, -0.05) is 73.7 Å². The molecule has 2 aromatic carbocycles. The van der Waals surface area contributed by atoms with Gasteiger partial charge in [-0.2, -0.15) is 0 Å². The van der Waals surface area contributed by atoms with Crippen molar-refractivity contribution in [1.82, 2.24) is 4.90 Å². The van der Waals surface area contributed by atoms with Crippen molar-refractivity contribution in [3.8, 4) is 0 Å². The normalized spacial score (nSPS) is 17.8. The van der Waals surface area contributed by atoms with Crippen molar-refractivity contribution in [3.63, 3.8) is 0 Å². The van der Waals surface area contributed by atoms with Gasteiger partial charge in [-0.25, -0.2) is 0 Å². The van der Waals surface area contributed by atoms with E-state index < -0.39 is 0 Å². The number of likely N-dealkylation sites (tertiary alicyclic amines) is 1. The van der Waals surface area contributed by atoms with Gasteiger partial charge in [-0.15, -0.1) is 0 Å². The molecule has 2 aliphatic rings. The Morgan fingerprint density at radius 3 is 1.97 bits per heavy atom. The van der Waals surface area contributed by atoms with Crippen LogP contribution in [0.4, 0.5) is 0 Å². The van der Waals surface area contributed by atoms with Crippen molar-refractivity contribution < 1.29 is 14.3 Å². The zero-order valence-electron chi connectivity index (χ0n) is 16.9. The zero-order chi connectivity index (χ0) is 19.9. The zero-order valence-corrected chi connectivity index (χ0v) is 16.9. The van der Waals surface area contributed by atoms with Crippen LogP contribution in [-0.4, -0.2) is 49.8 Å². The Labute approximate surface area is 180 Å². The van der Waals surface area contributed by atoms with E-state index >= 15 is 0 Å². The molecule has 0 N–H and O–H groups in total. The van der Waals surface area contributed by atoms with Crippen LogP contribution in [0.15, 0.2) is 66.2 Å². The lowest BCUT2D eigenvalue weighted by Gasteiger charge is -2.30. The first-order valence-corrected chi connectivity index (χ1v) is 10.6. The van der Waals surface area contributed by atoms with E-state index in [-0.39, 0.29) is 19.5 Å². The summed E-state index contributed by atoms with van der Waals surface area (Å²) < 4.78 is 11.0. The Kier molecular flexibility index (Phi) is 8.23. The molecule has 0 aromatic heterocycles. The molecular weight excluding hydrogens is 374 g/mol. The molecule has 4 heteroatoms. The molecule has 2 aliphatic heterocycles. The molecule has 0 bridgehead atoms. The topological polar surface area (TPSA) is 38.8 Å². The first-order chi connectivity index (χ1) is 14.3. The first kappa shape index (κ1) is 22.3. The van der Waals surface area contributed by atoms with Crippen LogP contribution in [0.1, 0.15) is 44.2 Å². The molecular formula is C26H33NO3. The van der Waals surface area contributed by atoms with E-state index in [0.29, 0.717) is 19.8 Å². The minimum absolute atomic E-state index is 0. The average molecular weight is 408 g/mol. The first-order valence-electron chi connectivity index (χ1n) is 10.6. The van der Waals surface area contributed by atoms with Gasteiger partial charge in [-0.3, -0.25) is 9.69 Å². The number of esters is 1. The largest absolute Gasteiger partial charge is 0.461 e. The van der Waals surface area contributed by atoms with E-state index in [0.717, 1.165) is 38.8 Å². The summed E-state index contributed by atoms with van der Waals surface area (Å²) in [5.41, 5.74) is 5.34. The fourth-order valence-electron chi connectivity index (χ4n) is 4.22. The SMILES string of the molecule is C.O=C(CN1CCC(=C(c2ccccc2)c2ccccc2)CC1)OC1CCOCC1. The van der Waals surface area contributed by atoms with Crippen molar-refractivity contribution in [2.75, 3.05) is 32.8 Å². The molecule has 0 radical (unpaired) electrons. The van der Waals surface area contributed by atoms with Gasteiger partial charge in [0.05, 0.1) is 19.8 Å². The fraction of sp³-hybridized carbons (Fsp3) is 0.423. The van der Waals surface area contributed by atoms with Crippen LogP contribution >= 0.6 is 0 Å². The standard InChI is InChI=1S/C25H29NO3.CH4/c27-24(29-23-13-17-28-18-14-23)19-26-15-11-22(12-16-26)25(20-7-3-1-4-8-20)21-9-5-2-6-10-21;/h1-10,23H,11-19H2;1H4. The summed E-state index contributed by atoms with van der Waals surface area (Å²) in [6.07, 6.45) is 3.61. The van der Waals surface area contributed by atoms with E-state index in [2.05, 4.69) is 65.6 Å². The van der Waals surface area contributed by atoms with Gasteiger partial charge in [0.15, 0.2) is 0 Å². The number of carbonyl (C=O) groups is 1. The number of hydrogen-bond donors (Lipinski definition) is 0. The monoisotopic (exact) mass is 407 g/mol. The third kappa shape index (κ3) is 5.80. The summed E-state index contributed by atoms with van der Waals surface area (Å²) in [6.45, 7) is 3.55. The van der Waals surface area contributed by atoms with Gasteiger partial charge in [0, 0.05) is 25.9 Å². The van der Waals surface area contributed by atoms with E-state index in [1.807, 2.05) is 0 Å². The maximum Gasteiger partial charge on any atom is 0.320 e. The molecule has 2 saturated heterocycles. The van der Waals surface area contributed by atoms with Crippen LogP contribution in [-0.2, 0) is 14.3 Å². The Morgan fingerprint density at radius 1 is 0.900 bits per heavy atom. The number of hydrogen-bond acceptors (Lipinski definition) is 4. The second kappa shape index (κ2) is 11.1. The number of benzene rings is 2. The Balaban J connectivity index is 0.00000256. The third-order valence-electron chi connectivity index (χ3n) is 5.76. The van der Waals surface area contributed by atoms with Crippen molar-refractivity contribution in [3.05, 3.63) is 77.4 Å². The molecule has 0 saturated carbocycles. The highest BCUT2D eigenvalue weighted by Crippen LogP contribution is 2.32. The van der Waals surface area contributed by atoms with Gasteiger partial charge in [0.2, 0.25) is 0 Å². The van der Waals surface area contributed by atoms with Crippen molar-refractivity contribution >= 4 is 11.5 Å². The minimum atomic E-state index is -0.101. The summed E-state index contributed by atoms with van der Waals surface area (Å²) in [5, 5.41) is 0. The Hall–Kier alpha value is -2.43. The quantitative estimate of drug-likeness (QED) is 0.658. The number of piperidine rings is 1. The highest BCUT2D eigenvalue weighted by molar-refractivity contribution is 5.82. The molecule has 0 atom stereocenters. The van der Waals surface area contributed by atoms with Crippen LogP contribution < -0.4 is 0 Å². The minimum Gasteiger partial charge on any atom is -0.461 e. The van der Waals surface area contributed by atoms with Crippen LogP contribution in [0, 0.1) is 0 Å². The van der Waals surface area contributed by atoms with E-state index in [4.69, 9.17) is 9.47 Å². The molecule has 0 aliphatic carbocycles. The van der Waals surface area contributed by atoms with Crippen LogP contribution in [0.5, 0.6) is 0 Å². The lowest BCUT2D eigenvalue weighted by atomic mass is 9.88. The van der Waals surface area contributed by atoms with E-state index in [1.165, 1.54) is 22.3 Å². The van der Waals surface area contributed by atoms with Crippen molar-refractivity contribution in [1.29, 1.82) is 0 Å². The molecule has 30 heavy (non-hydrogen) atoms. The van der Waals surface area contributed by atoms with Crippen LogP contribution in [0.2, 0.25) is 0 Å². The molecule has 4 rings (SSSR count). The van der Waals surface area contributed by atoms with Gasteiger partial charge < -0.3 is 9.47 Å². The third-order valence-corrected chi connectivity index (χ3v) is 5.76. The number of carbonyl (C=O) groups excluding carboxylic acids is 1. The predicted molar refractivity (Wildman–Crippen MR) is 121 cm³/mol. The molecule has 2 fully saturated rings. The summed E-state index contributed by atoms with van der Waals surface area (Å²) in [6, 6.07) is 21.3. The van der Waals surface area contributed by atoms with E-state index in [1.54, 1.807) is 0 Å². The highest BCUT2D eigenvalue weighted by Gasteiger charge is 2.23. The van der Waals surface area contributed by atoms with Gasteiger partial charge in [0.25, 0.3) is 0 Å². The Morgan fingerprint density at radius 2 is 1.43 bits per heavy atom. The molecule has 4 nitrogen and oxygen atoms in total. The molecule has 0 spiro atoms. The fourth-order valence-corrected chi connectivity index (χ4v) is 4.22. The molecule has 0 unspecified atom stereocenters. The van der Waals surface area contributed by atoms with Gasteiger partial charge in [-0.05, 0) is 29.5 Å².